The van der Waals surface area contributed by atoms with Crippen molar-refractivity contribution in [2.75, 3.05) is 0 Å². The number of halogens is 1. The third-order valence-corrected chi connectivity index (χ3v) is 4.43. The van der Waals surface area contributed by atoms with Gasteiger partial charge in [0.25, 0.3) is 0 Å². The SMILES string of the molecule is CCC1CC(C)=NN2C(=O)NC3CC(Cl)CC3=C12. The lowest BCUT2D eigenvalue weighted by Gasteiger charge is -2.38. The van der Waals surface area contributed by atoms with Gasteiger partial charge in [-0.05, 0) is 38.2 Å². The average Bonchev–Trinajstić information content (AvgIpc) is 2.68. The zero-order valence-electron chi connectivity index (χ0n) is 10.7. The topological polar surface area (TPSA) is 44.7 Å². The van der Waals surface area contributed by atoms with Crippen LogP contribution in [0.15, 0.2) is 16.4 Å². The predicted molar refractivity (Wildman–Crippen MR) is 71.6 cm³/mol. The Hall–Kier alpha value is -1.03. The molecular formula is C13H18ClN3O. The van der Waals surface area contributed by atoms with E-state index in [4.69, 9.17) is 11.6 Å². The van der Waals surface area contributed by atoms with E-state index in [1.54, 1.807) is 5.01 Å². The number of carbonyl (C=O) groups is 1. The highest BCUT2D eigenvalue weighted by atomic mass is 35.5. The number of allylic oxidation sites excluding steroid dienone is 1. The van der Waals surface area contributed by atoms with Gasteiger partial charge in [-0.2, -0.15) is 10.1 Å². The van der Waals surface area contributed by atoms with Gasteiger partial charge in [0.2, 0.25) is 0 Å². The number of rotatable bonds is 1. The summed E-state index contributed by atoms with van der Waals surface area (Å²) in [7, 11) is 0. The van der Waals surface area contributed by atoms with Crippen LogP contribution < -0.4 is 5.32 Å². The van der Waals surface area contributed by atoms with E-state index in [9.17, 15) is 4.79 Å². The van der Waals surface area contributed by atoms with Crippen LogP contribution in [0.2, 0.25) is 0 Å². The monoisotopic (exact) mass is 267 g/mol. The van der Waals surface area contributed by atoms with Crippen molar-refractivity contribution in [3.05, 3.63) is 11.3 Å². The third-order valence-electron chi connectivity index (χ3n) is 4.09. The molecule has 2 heterocycles. The maximum atomic E-state index is 12.1. The Bertz CT molecular complexity index is 457. The van der Waals surface area contributed by atoms with Gasteiger partial charge in [0, 0.05) is 17.0 Å². The van der Waals surface area contributed by atoms with Gasteiger partial charge < -0.3 is 5.32 Å². The summed E-state index contributed by atoms with van der Waals surface area (Å²) in [6.45, 7) is 4.16. The van der Waals surface area contributed by atoms with Crippen LogP contribution in [-0.4, -0.2) is 28.2 Å². The molecule has 3 atom stereocenters. The number of fused-ring (bicyclic) bond motifs is 2. The number of nitrogens with zero attached hydrogens (tertiary/aromatic N) is 2. The summed E-state index contributed by atoms with van der Waals surface area (Å²) in [5, 5.41) is 9.13. The fraction of sp³-hybridized carbons (Fsp3) is 0.692. The molecule has 0 aromatic rings. The molecular weight excluding hydrogens is 250 g/mol. The molecule has 0 radical (unpaired) electrons. The van der Waals surface area contributed by atoms with Crippen molar-refractivity contribution in [3.8, 4) is 0 Å². The van der Waals surface area contributed by atoms with Gasteiger partial charge in [-0.25, -0.2) is 4.79 Å². The van der Waals surface area contributed by atoms with E-state index in [1.165, 1.54) is 5.57 Å². The third kappa shape index (κ3) is 1.74. The molecule has 0 bridgehead atoms. The Morgan fingerprint density at radius 3 is 3.00 bits per heavy atom. The highest BCUT2D eigenvalue weighted by molar-refractivity contribution is 6.21. The zero-order valence-corrected chi connectivity index (χ0v) is 11.5. The minimum Gasteiger partial charge on any atom is -0.330 e. The molecule has 5 heteroatoms. The van der Waals surface area contributed by atoms with Gasteiger partial charge in [-0.15, -0.1) is 11.6 Å². The molecule has 1 saturated carbocycles. The second-order valence-corrected chi connectivity index (χ2v) is 6.02. The lowest BCUT2D eigenvalue weighted by molar-refractivity contribution is 0.194. The fourth-order valence-corrected chi connectivity index (χ4v) is 3.63. The van der Waals surface area contributed by atoms with Gasteiger partial charge in [-0.1, -0.05) is 6.92 Å². The van der Waals surface area contributed by atoms with Gasteiger partial charge in [0.05, 0.1) is 11.7 Å². The van der Waals surface area contributed by atoms with Gasteiger partial charge in [0.15, 0.2) is 0 Å². The summed E-state index contributed by atoms with van der Waals surface area (Å²) in [6.07, 6.45) is 3.72. The van der Waals surface area contributed by atoms with Gasteiger partial charge in [0.1, 0.15) is 0 Å². The van der Waals surface area contributed by atoms with E-state index < -0.39 is 0 Å². The van der Waals surface area contributed by atoms with Crippen molar-refractivity contribution in [1.82, 2.24) is 10.3 Å². The van der Waals surface area contributed by atoms with Crippen molar-refractivity contribution >= 4 is 23.3 Å². The summed E-state index contributed by atoms with van der Waals surface area (Å²) in [5.41, 5.74) is 3.46. The van der Waals surface area contributed by atoms with Crippen molar-refractivity contribution in [3.63, 3.8) is 0 Å². The smallest absolute Gasteiger partial charge is 0.330 e. The summed E-state index contributed by atoms with van der Waals surface area (Å²) < 4.78 is 0. The lowest BCUT2D eigenvalue weighted by Crippen LogP contribution is -2.50. The molecule has 4 nitrogen and oxygen atoms in total. The van der Waals surface area contributed by atoms with Gasteiger partial charge >= 0.3 is 6.03 Å². The maximum Gasteiger partial charge on any atom is 0.342 e. The van der Waals surface area contributed by atoms with Crippen LogP contribution in [0.4, 0.5) is 4.79 Å². The second-order valence-electron chi connectivity index (χ2n) is 5.41. The number of hydrogen-bond acceptors (Lipinski definition) is 2. The second kappa shape index (κ2) is 4.26. The minimum absolute atomic E-state index is 0.0954. The number of carbonyl (C=O) groups excluding carboxylic acids is 1. The quantitative estimate of drug-likeness (QED) is 0.730. The fourth-order valence-electron chi connectivity index (χ4n) is 3.28. The standard InChI is InChI=1S/C13H18ClN3O/c1-3-8-4-7(2)16-17-12(8)10-5-9(14)6-11(10)15-13(17)18/h8-9,11H,3-6H2,1-2H3,(H,15,18). The van der Waals surface area contributed by atoms with Crippen molar-refractivity contribution < 1.29 is 4.79 Å². The highest BCUT2D eigenvalue weighted by Gasteiger charge is 2.42. The van der Waals surface area contributed by atoms with E-state index in [-0.39, 0.29) is 17.5 Å². The van der Waals surface area contributed by atoms with Crippen LogP contribution in [0.5, 0.6) is 0 Å². The zero-order chi connectivity index (χ0) is 12.9. The first-order valence-corrected chi connectivity index (χ1v) is 7.05. The molecule has 18 heavy (non-hydrogen) atoms. The van der Waals surface area contributed by atoms with Crippen molar-refractivity contribution in [2.45, 2.75) is 50.9 Å². The molecule has 1 aliphatic carbocycles. The van der Waals surface area contributed by atoms with Crippen LogP contribution in [-0.2, 0) is 0 Å². The van der Waals surface area contributed by atoms with Crippen LogP contribution in [0.1, 0.15) is 39.5 Å². The van der Waals surface area contributed by atoms with Gasteiger partial charge in [-0.3, -0.25) is 0 Å². The highest BCUT2D eigenvalue weighted by Crippen LogP contribution is 2.41. The number of nitrogens with one attached hydrogen (secondary N) is 1. The molecule has 3 aliphatic rings. The first kappa shape index (κ1) is 12.0. The lowest BCUT2D eigenvalue weighted by atomic mass is 9.88. The number of urea groups is 1. The van der Waals surface area contributed by atoms with E-state index in [1.807, 2.05) is 6.92 Å². The summed E-state index contributed by atoms with van der Waals surface area (Å²) in [5.74, 6) is 0.410. The van der Waals surface area contributed by atoms with Crippen molar-refractivity contribution in [2.24, 2.45) is 11.0 Å². The Labute approximate surface area is 112 Å². The normalized spacial score (nSPS) is 35.1. The van der Waals surface area contributed by atoms with E-state index in [0.717, 1.165) is 37.1 Å². The molecule has 0 spiro atoms. The molecule has 3 unspecified atom stereocenters. The first-order valence-electron chi connectivity index (χ1n) is 6.61. The molecule has 0 aromatic heterocycles. The summed E-state index contributed by atoms with van der Waals surface area (Å²) >= 11 is 6.25. The minimum atomic E-state index is -0.0954. The van der Waals surface area contributed by atoms with Crippen LogP contribution in [0.3, 0.4) is 0 Å². The number of hydrazone groups is 1. The molecule has 1 fully saturated rings. The van der Waals surface area contributed by atoms with Crippen LogP contribution in [0.25, 0.3) is 0 Å². The number of amides is 2. The molecule has 3 rings (SSSR count). The van der Waals surface area contributed by atoms with E-state index in [2.05, 4.69) is 17.3 Å². The first-order chi connectivity index (χ1) is 8.60. The number of hydrogen-bond donors (Lipinski definition) is 1. The molecule has 0 saturated heterocycles. The van der Waals surface area contributed by atoms with Crippen LogP contribution >= 0.6 is 11.6 Å². The predicted octanol–water partition coefficient (Wildman–Crippen LogP) is 2.84. The Kier molecular flexibility index (Phi) is 2.85. The Morgan fingerprint density at radius 1 is 1.50 bits per heavy atom. The molecule has 2 amide bonds. The molecule has 1 N–H and O–H groups in total. The van der Waals surface area contributed by atoms with E-state index >= 15 is 0 Å². The Balaban J connectivity index is 2.09. The Morgan fingerprint density at radius 2 is 2.28 bits per heavy atom. The summed E-state index contributed by atoms with van der Waals surface area (Å²) in [6, 6.07) is 0.0379. The largest absolute Gasteiger partial charge is 0.342 e. The average molecular weight is 268 g/mol. The summed E-state index contributed by atoms with van der Waals surface area (Å²) in [4.78, 5) is 12.1. The van der Waals surface area contributed by atoms with Crippen molar-refractivity contribution in [1.29, 1.82) is 0 Å². The molecule has 0 aromatic carbocycles. The van der Waals surface area contributed by atoms with E-state index in [0.29, 0.717) is 5.92 Å². The molecule has 98 valence electrons. The number of alkyl halides is 1. The maximum absolute atomic E-state index is 12.1. The molecule has 2 aliphatic heterocycles. The van der Waals surface area contributed by atoms with Crippen LogP contribution in [0, 0.1) is 5.92 Å².